The lowest BCUT2D eigenvalue weighted by Gasteiger charge is -2.07. The number of carbonyl (C=O) groups excluding carboxylic acids is 1. The van der Waals surface area contributed by atoms with Crippen molar-refractivity contribution < 1.29 is 25.5 Å². The molecule has 2 aromatic rings. The van der Waals surface area contributed by atoms with E-state index in [1.165, 1.54) is 25.3 Å². The zero-order valence-electron chi connectivity index (χ0n) is 13.2. The van der Waals surface area contributed by atoms with Gasteiger partial charge in [0.1, 0.15) is 23.0 Å². The summed E-state index contributed by atoms with van der Waals surface area (Å²) in [4.78, 5) is 12.2. The second kappa shape index (κ2) is 7.35. The predicted octanol–water partition coefficient (Wildman–Crippen LogP) is 3.56. The van der Waals surface area contributed by atoms with Crippen LogP contribution < -0.4 is 14.2 Å². The Morgan fingerprint density at radius 2 is 1.65 bits per heavy atom. The van der Waals surface area contributed by atoms with Crippen molar-refractivity contribution in [3.05, 3.63) is 53.6 Å². The number of ketones is 1. The first-order valence-electron chi connectivity index (χ1n) is 6.90. The van der Waals surface area contributed by atoms with Crippen LogP contribution in [0.5, 0.6) is 23.0 Å². The normalized spacial score (nSPS) is 10.6. The van der Waals surface area contributed by atoms with Crippen LogP contribution in [0.2, 0.25) is 0 Å². The fourth-order valence-corrected chi connectivity index (χ4v) is 2.06. The van der Waals surface area contributed by atoms with Crippen molar-refractivity contribution in [2.75, 3.05) is 21.3 Å². The summed E-state index contributed by atoms with van der Waals surface area (Å²) in [5.41, 5.74) is 0.934. The average Bonchev–Trinajstić information content (AvgIpc) is 2.59. The summed E-state index contributed by atoms with van der Waals surface area (Å²) in [6.07, 6.45) is 3.01. The number of hydrogen-bond donors (Lipinski definition) is 1. The summed E-state index contributed by atoms with van der Waals surface area (Å²) >= 11 is 0. The van der Waals surface area contributed by atoms with Gasteiger partial charge >= 0.3 is 0 Å². The first-order valence-corrected chi connectivity index (χ1v) is 6.90. The minimum Gasteiger partial charge on any atom is -0.507 e. The maximum atomic E-state index is 12.2. The van der Waals surface area contributed by atoms with E-state index in [4.69, 9.17) is 14.2 Å². The smallest absolute Gasteiger partial charge is 0.189 e. The molecule has 0 fully saturated rings. The van der Waals surface area contributed by atoms with Gasteiger partial charge in [0.15, 0.2) is 5.78 Å². The topological polar surface area (TPSA) is 65.0 Å². The van der Waals surface area contributed by atoms with E-state index in [9.17, 15) is 9.90 Å². The number of phenols is 1. The summed E-state index contributed by atoms with van der Waals surface area (Å²) in [7, 11) is 4.61. The lowest BCUT2D eigenvalue weighted by Crippen LogP contribution is -1.96. The lowest BCUT2D eigenvalue weighted by atomic mass is 10.1. The third-order valence-electron chi connectivity index (χ3n) is 3.33. The second-order valence-corrected chi connectivity index (χ2v) is 4.69. The van der Waals surface area contributed by atoms with E-state index >= 15 is 0 Å². The largest absolute Gasteiger partial charge is 0.507 e. The SMILES string of the molecule is COc1ccc(C(=O)/C=C/c2ccc(OC)cc2OC)c(O)c1.[HH]. The molecule has 23 heavy (non-hydrogen) atoms. The predicted molar refractivity (Wildman–Crippen MR) is 89.7 cm³/mol. The summed E-state index contributed by atoms with van der Waals surface area (Å²) in [5.74, 6) is 1.30. The molecule has 0 spiro atoms. The van der Waals surface area contributed by atoms with Gasteiger partial charge in [0.25, 0.3) is 0 Å². The Morgan fingerprint density at radius 1 is 1.00 bits per heavy atom. The first kappa shape index (κ1) is 16.4. The van der Waals surface area contributed by atoms with Crippen molar-refractivity contribution in [1.29, 1.82) is 0 Å². The highest BCUT2D eigenvalue weighted by atomic mass is 16.5. The van der Waals surface area contributed by atoms with Gasteiger partial charge in [0, 0.05) is 19.1 Å². The molecule has 0 aliphatic rings. The number of allylic oxidation sites excluding steroid dienone is 1. The number of phenolic OH excluding ortho intramolecular Hbond substituents is 1. The molecule has 0 heterocycles. The van der Waals surface area contributed by atoms with Gasteiger partial charge in [-0.25, -0.2) is 0 Å². The van der Waals surface area contributed by atoms with Crippen LogP contribution in [0.25, 0.3) is 6.08 Å². The minimum atomic E-state index is -0.317. The highest BCUT2D eigenvalue weighted by Gasteiger charge is 2.10. The molecule has 0 aliphatic carbocycles. The van der Waals surface area contributed by atoms with E-state index in [1.54, 1.807) is 44.6 Å². The summed E-state index contributed by atoms with van der Waals surface area (Å²) in [6.45, 7) is 0. The van der Waals surface area contributed by atoms with Gasteiger partial charge in [-0.1, -0.05) is 0 Å². The van der Waals surface area contributed by atoms with Gasteiger partial charge in [0.05, 0.1) is 26.9 Å². The van der Waals surface area contributed by atoms with Crippen LogP contribution in [-0.2, 0) is 0 Å². The summed E-state index contributed by atoms with van der Waals surface area (Å²) < 4.78 is 15.4. The van der Waals surface area contributed by atoms with Crippen LogP contribution in [0.4, 0.5) is 0 Å². The van der Waals surface area contributed by atoms with Crippen molar-refractivity contribution in [2.24, 2.45) is 0 Å². The van der Waals surface area contributed by atoms with Crippen molar-refractivity contribution >= 4 is 11.9 Å². The average molecular weight is 316 g/mol. The number of carbonyl (C=O) groups is 1. The van der Waals surface area contributed by atoms with Crippen LogP contribution in [-0.4, -0.2) is 32.2 Å². The maximum absolute atomic E-state index is 12.2. The molecule has 0 aromatic heterocycles. The molecule has 0 aliphatic heterocycles. The lowest BCUT2D eigenvalue weighted by molar-refractivity contribution is 0.104. The van der Waals surface area contributed by atoms with Crippen LogP contribution in [0.3, 0.4) is 0 Å². The molecule has 0 amide bonds. The van der Waals surface area contributed by atoms with Crippen molar-refractivity contribution in [1.82, 2.24) is 0 Å². The van der Waals surface area contributed by atoms with Crippen molar-refractivity contribution in [3.63, 3.8) is 0 Å². The van der Waals surface area contributed by atoms with Crippen molar-refractivity contribution in [3.8, 4) is 23.0 Å². The highest BCUT2D eigenvalue weighted by Crippen LogP contribution is 2.27. The Morgan fingerprint density at radius 3 is 2.26 bits per heavy atom. The Kier molecular flexibility index (Phi) is 5.25. The second-order valence-electron chi connectivity index (χ2n) is 4.69. The van der Waals surface area contributed by atoms with Crippen LogP contribution >= 0.6 is 0 Å². The van der Waals surface area contributed by atoms with Crippen LogP contribution in [0.15, 0.2) is 42.5 Å². The van der Waals surface area contributed by atoms with Gasteiger partial charge in [-0.05, 0) is 36.4 Å². The maximum Gasteiger partial charge on any atom is 0.189 e. The molecule has 0 saturated heterocycles. The monoisotopic (exact) mass is 316 g/mol. The molecular weight excluding hydrogens is 296 g/mol. The highest BCUT2D eigenvalue weighted by molar-refractivity contribution is 6.08. The van der Waals surface area contributed by atoms with Gasteiger partial charge in [-0.2, -0.15) is 0 Å². The number of rotatable bonds is 6. The molecule has 1 N–H and O–H groups in total. The number of methoxy groups -OCH3 is 3. The van der Waals surface area contributed by atoms with Crippen LogP contribution in [0, 0.1) is 0 Å². The quantitative estimate of drug-likeness (QED) is 0.652. The van der Waals surface area contributed by atoms with Crippen LogP contribution in [0.1, 0.15) is 17.3 Å². The Bertz CT molecular complexity index is 740. The Balaban J connectivity index is 0.00000288. The first-order chi connectivity index (χ1) is 11.1. The molecule has 0 atom stereocenters. The molecule has 0 bridgehead atoms. The third-order valence-corrected chi connectivity index (χ3v) is 3.33. The fraction of sp³-hybridized carbons (Fsp3) is 0.167. The Labute approximate surface area is 136 Å². The van der Waals surface area contributed by atoms with E-state index in [2.05, 4.69) is 0 Å². The zero-order valence-corrected chi connectivity index (χ0v) is 13.2. The van der Waals surface area contributed by atoms with E-state index < -0.39 is 0 Å². The molecule has 5 nitrogen and oxygen atoms in total. The number of hydrogen-bond acceptors (Lipinski definition) is 5. The zero-order chi connectivity index (χ0) is 16.8. The standard InChI is InChI=1S/C18H18O5.H2/c1-21-13-7-8-15(17(20)10-13)16(19)9-5-12-4-6-14(22-2)11-18(12)23-3;/h4-11,20H,1-3H3;1H/b9-5+;. The van der Waals surface area contributed by atoms with Crippen molar-refractivity contribution in [2.45, 2.75) is 0 Å². The molecule has 0 radical (unpaired) electrons. The van der Waals surface area contributed by atoms with Gasteiger partial charge in [0.2, 0.25) is 0 Å². The minimum absolute atomic E-state index is 0. The number of aromatic hydroxyl groups is 1. The third kappa shape index (κ3) is 3.83. The molecular formula is C18H20O5. The van der Waals surface area contributed by atoms with Gasteiger partial charge < -0.3 is 19.3 Å². The number of benzene rings is 2. The number of ether oxygens (including phenoxy) is 3. The van der Waals surface area contributed by atoms with E-state index in [0.717, 1.165) is 5.56 Å². The van der Waals surface area contributed by atoms with E-state index in [-0.39, 0.29) is 18.5 Å². The van der Waals surface area contributed by atoms with E-state index in [1.807, 2.05) is 0 Å². The molecule has 2 rings (SSSR count). The van der Waals surface area contributed by atoms with Gasteiger partial charge in [-0.3, -0.25) is 4.79 Å². The molecule has 0 saturated carbocycles. The van der Waals surface area contributed by atoms with Gasteiger partial charge in [-0.15, -0.1) is 0 Å². The van der Waals surface area contributed by atoms with E-state index in [0.29, 0.717) is 17.2 Å². The Hall–Kier alpha value is -2.95. The summed E-state index contributed by atoms with van der Waals surface area (Å²) in [6, 6.07) is 9.83. The molecule has 0 unspecified atom stereocenters. The molecule has 122 valence electrons. The fourth-order valence-electron chi connectivity index (χ4n) is 2.06. The molecule has 5 heteroatoms. The summed E-state index contributed by atoms with van der Waals surface area (Å²) in [5, 5.41) is 9.88. The molecule has 2 aromatic carbocycles.